The van der Waals surface area contributed by atoms with Crippen molar-refractivity contribution in [3.8, 4) is 0 Å². The van der Waals surface area contributed by atoms with E-state index >= 15 is 0 Å². The highest BCUT2D eigenvalue weighted by molar-refractivity contribution is 7.98. The molecule has 0 amide bonds. The monoisotopic (exact) mass is 222 g/mol. The van der Waals surface area contributed by atoms with Crippen molar-refractivity contribution in [2.75, 3.05) is 6.26 Å². The Labute approximate surface area is 93.7 Å². The number of ketones is 1. The lowest BCUT2D eigenvalue weighted by Gasteiger charge is -2.16. The summed E-state index contributed by atoms with van der Waals surface area (Å²) in [5.74, 6) is 0.223. The second kappa shape index (κ2) is 4.31. The van der Waals surface area contributed by atoms with E-state index in [0.29, 0.717) is 6.42 Å². The molecule has 0 saturated carbocycles. The van der Waals surface area contributed by atoms with E-state index < -0.39 is 0 Å². The molecule has 1 heterocycles. The van der Waals surface area contributed by atoms with Crippen LogP contribution in [0, 0.1) is 0 Å². The molecule has 0 radical (unpaired) electrons. The number of carbonyl (C=O) groups excluding carboxylic acids is 1. The fourth-order valence-corrected chi connectivity index (χ4v) is 2.33. The van der Waals surface area contributed by atoms with Crippen molar-refractivity contribution in [3.05, 3.63) is 17.0 Å². The molecule has 0 fully saturated rings. The minimum atomic E-state index is 0.223. The second-order valence-electron chi connectivity index (χ2n) is 3.61. The van der Waals surface area contributed by atoms with Gasteiger partial charge in [-0.15, -0.1) is 0 Å². The third-order valence-corrected chi connectivity index (χ3v) is 3.20. The zero-order valence-electron chi connectivity index (χ0n) is 9.04. The molecule has 0 N–H and O–H groups in total. The van der Waals surface area contributed by atoms with Crippen LogP contribution >= 0.6 is 11.8 Å². The first-order chi connectivity index (χ1) is 7.26. The van der Waals surface area contributed by atoms with Crippen LogP contribution in [0.2, 0.25) is 0 Å². The van der Waals surface area contributed by atoms with Gasteiger partial charge in [-0.05, 0) is 25.5 Å². The number of hydrogen-bond acceptors (Lipinski definition) is 4. The summed E-state index contributed by atoms with van der Waals surface area (Å²) in [5, 5.41) is 0.792. The van der Waals surface area contributed by atoms with Crippen molar-refractivity contribution < 1.29 is 4.79 Å². The van der Waals surface area contributed by atoms with E-state index in [4.69, 9.17) is 0 Å². The molecule has 2 rings (SSSR count). The zero-order chi connectivity index (χ0) is 10.8. The molecule has 3 nitrogen and oxygen atoms in total. The molecule has 0 saturated heterocycles. The predicted octanol–water partition coefficient (Wildman–Crippen LogP) is 2.28. The third-order valence-electron chi connectivity index (χ3n) is 2.65. The fourth-order valence-electron chi connectivity index (χ4n) is 1.93. The molecular formula is C11H14N2OS. The van der Waals surface area contributed by atoms with E-state index in [1.165, 1.54) is 11.8 Å². The molecule has 1 aromatic heterocycles. The maximum Gasteiger partial charge on any atom is 0.187 e. The molecular weight excluding hydrogens is 208 g/mol. The van der Waals surface area contributed by atoms with Crippen molar-refractivity contribution in [1.29, 1.82) is 0 Å². The van der Waals surface area contributed by atoms with Gasteiger partial charge in [0.25, 0.3) is 0 Å². The summed E-state index contributed by atoms with van der Waals surface area (Å²) in [6.07, 6.45) is 5.28. The van der Waals surface area contributed by atoms with Crippen LogP contribution in [0.5, 0.6) is 0 Å². The molecule has 15 heavy (non-hydrogen) atoms. The van der Waals surface area contributed by atoms with Crippen LogP contribution in [-0.2, 0) is 12.8 Å². The summed E-state index contributed by atoms with van der Waals surface area (Å²) >= 11 is 1.54. The van der Waals surface area contributed by atoms with Gasteiger partial charge in [0.15, 0.2) is 10.9 Å². The molecule has 80 valence electrons. The highest BCUT2D eigenvalue weighted by Crippen LogP contribution is 2.24. The number of hydrogen-bond donors (Lipinski definition) is 0. The van der Waals surface area contributed by atoms with Gasteiger partial charge in [-0.25, -0.2) is 9.97 Å². The third kappa shape index (κ3) is 1.91. The van der Waals surface area contributed by atoms with Gasteiger partial charge in [0.05, 0.1) is 17.0 Å². The zero-order valence-corrected chi connectivity index (χ0v) is 9.86. The number of nitrogens with zero attached hydrogens (tertiary/aromatic N) is 2. The standard InChI is InChI=1S/C11H14N2OS/c1-3-7-10-8(5-4-6-9(10)14)13-11(12-7)15-2/h3-6H2,1-2H3. The first kappa shape index (κ1) is 10.6. The van der Waals surface area contributed by atoms with Crippen molar-refractivity contribution in [3.63, 3.8) is 0 Å². The SMILES string of the molecule is CCc1nc(SC)nc2c1C(=O)CCC2. The van der Waals surface area contributed by atoms with Crippen molar-refractivity contribution in [2.24, 2.45) is 0 Å². The first-order valence-electron chi connectivity index (χ1n) is 5.23. The molecule has 4 heteroatoms. The Hall–Kier alpha value is -0.900. The Balaban J connectivity index is 2.57. The van der Waals surface area contributed by atoms with Gasteiger partial charge in [0.1, 0.15) is 0 Å². The summed E-state index contributed by atoms with van der Waals surface area (Å²) in [6, 6.07) is 0. The molecule has 1 aliphatic rings. The minimum absolute atomic E-state index is 0.223. The highest BCUT2D eigenvalue weighted by Gasteiger charge is 2.23. The number of carbonyl (C=O) groups is 1. The molecule has 0 aromatic carbocycles. The lowest BCUT2D eigenvalue weighted by Crippen LogP contribution is -2.17. The molecule has 1 aliphatic carbocycles. The number of aromatic nitrogens is 2. The lowest BCUT2D eigenvalue weighted by atomic mass is 9.93. The first-order valence-corrected chi connectivity index (χ1v) is 6.45. The lowest BCUT2D eigenvalue weighted by molar-refractivity contribution is 0.0969. The molecule has 0 unspecified atom stereocenters. The Morgan fingerprint density at radius 3 is 2.80 bits per heavy atom. The summed E-state index contributed by atoms with van der Waals surface area (Å²) in [5.41, 5.74) is 2.69. The van der Waals surface area contributed by atoms with Crippen LogP contribution in [0.25, 0.3) is 0 Å². The van der Waals surface area contributed by atoms with Gasteiger partial charge in [-0.3, -0.25) is 4.79 Å². The van der Waals surface area contributed by atoms with Gasteiger partial charge < -0.3 is 0 Å². The Morgan fingerprint density at radius 2 is 2.13 bits per heavy atom. The number of fused-ring (bicyclic) bond motifs is 1. The summed E-state index contributed by atoms with van der Waals surface area (Å²) < 4.78 is 0. The highest BCUT2D eigenvalue weighted by atomic mass is 32.2. The van der Waals surface area contributed by atoms with E-state index in [0.717, 1.165) is 41.4 Å². The van der Waals surface area contributed by atoms with Crippen LogP contribution in [0.1, 0.15) is 41.5 Å². The van der Waals surface area contributed by atoms with Gasteiger partial charge in [0, 0.05) is 6.42 Å². The summed E-state index contributed by atoms with van der Waals surface area (Å²) in [4.78, 5) is 20.6. The molecule has 0 bridgehead atoms. The number of Topliss-reactive ketones (excluding diaryl/α,β-unsaturated/α-hetero) is 1. The van der Waals surface area contributed by atoms with Gasteiger partial charge >= 0.3 is 0 Å². The topological polar surface area (TPSA) is 42.9 Å². The Kier molecular flexibility index (Phi) is 3.05. The predicted molar refractivity (Wildman–Crippen MR) is 60.5 cm³/mol. The van der Waals surface area contributed by atoms with Crippen LogP contribution in [0.3, 0.4) is 0 Å². The van der Waals surface area contributed by atoms with Crippen LogP contribution in [-0.4, -0.2) is 22.0 Å². The number of rotatable bonds is 2. The van der Waals surface area contributed by atoms with Crippen LogP contribution < -0.4 is 0 Å². The summed E-state index contributed by atoms with van der Waals surface area (Å²) in [6.45, 7) is 2.04. The van der Waals surface area contributed by atoms with E-state index in [1.807, 2.05) is 13.2 Å². The minimum Gasteiger partial charge on any atom is -0.294 e. The van der Waals surface area contributed by atoms with E-state index in [-0.39, 0.29) is 5.78 Å². The van der Waals surface area contributed by atoms with E-state index in [9.17, 15) is 4.79 Å². The smallest absolute Gasteiger partial charge is 0.187 e. The van der Waals surface area contributed by atoms with Crippen LogP contribution in [0.4, 0.5) is 0 Å². The van der Waals surface area contributed by atoms with Crippen LogP contribution in [0.15, 0.2) is 5.16 Å². The normalized spacial score (nSPS) is 15.2. The quantitative estimate of drug-likeness (QED) is 0.568. The van der Waals surface area contributed by atoms with Gasteiger partial charge in [0.2, 0.25) is 0 Å². The summed E-state index contributed by atoms with van der Waals surface area (Å²) in [7, 11) is 0. The number of aryl methyl sites for hydroxylation is 2. The number of thioether (sulfide) groups is 1. The average Bonchev–Trinajstić information content (AvgIpc) is 2.27. The van der Waals surface area contributed by atoms with Gasteiger partial charge in [-0.1, -0.05) is 18.7 Å². The fraction of sp³-hybridized carbons (Fsp3) is 0.545. The maximum atomic E-state index is 11.8. The van der Waals surface area contributed by atoms with Gasteiger partial charge in [-0.2, -0.15) is 0 Å². The van der Waals surface area contributed by atoms with Crippen molar-refractivity contribution in [2.45, 2.75) is 37.8 Å². The van der Waals surface area contributed by atoms with Crippen molar-refractivity contribution in [1.82, 2.24) is 9.97 Å². The molecule has 0 spiro atoms. The van der Waals surface area contributed by atoms with E-state index in [1.54, 1.807) is 0 Å². The Morgan fingerprint density at radius 1 is 1.33 bits per heavy atom. The largest absolute Gasteiger partial charge is 0.294 e. The maximum absolute atomic E-state index is 11.8. The average molecular weight is 222 g/mol. The molecule has 0 aliphatic heterocycles. The van der Waals surface area contributed by atoms with E-state index in [2.05, 4.69) is 9.97 Å². The molecule has 1 aromatic rings. The second-order valence-corrected chi connectivity index (χ2v) is 4.38. The molecule has 0 atom stereocenters. The van der Waals surface area contributed by atoms with Crippen molar-refractivity contribution >= 4 is 17.5 Å². The Bertz CT molecular complexity index is 387.